The van der Waals surface area contributed by atoms with E-state index in [2.05, 4.69) is 6.07 Å². The number of benzene rings is 2. The van der Waals surface area contributed by atoms with Gasteiger partial charge >= 0.3 is 0 Å². The highest BCUT2D eigenvalue weighted by Crippen LogP contribution is 2.36. The van der Waals surface area contributed by atoms with E-state index in [9.17, 15) is 13.2 Å². The van der Waals surface area contributed by atoms with Crippen LogP contribution in [0.3, 0.4) is 0 Å². The number of amides is 1. The molecule has 2 aromatic carbocycles. The number of sulfonamides is 1. The fraction of sp³-hybridized carbons (Fsp3) is 0.458. The van der Waals surface area contributed by atoms with Crippen LogP contribution in [0.1, 0.15) is 36.8 Å². The van der Waals surface area contributed by atoms with Crippen LogP contribution in [-0.4, -0.2) is 44.0 Å². The summed E-state index contributed by atoms with van der Waals surface area (Å²) < 4.78 is 28.1. The third-order valence-electron chi connectivity index (χ3n) is 6.76. The fourth-order valence-corrected chi connectivity index (χ4v) is 7.50. The highest BCUT2D eigenvalue weighted by molar-refractivity contribution is 7.99. The summed E-state index contributed by atoms with van der Waals surface area (Å²) in [4.78, 5) is 16.7. The Labute approximate surface area is 188 Å². The van der Waals surface area contributed by atoms with Crippen LogP contribution in [0.2, 0.25) is 0 Å². The number of carbonyl (C=O) groups excluding carboxylic acids is 1. The summed E-state index contributed by atoms with van der Waals surface area (Å²) in [5.41, 5.74) is 3.46. The average Bonchev–Trinajstić information content (AvgIpc) is 2.83. The Morgan fingerprint density at radius 2 is 1.68 bits per heavy atom. The summed E-state index contributed by atoms with van der Waals surface area (Å²) in [7, 11) is -3.51. The normalized spacial score (nSPS) is 20.2. The van der Waals surface area contributed by atoms with E-state index < -0.39 is 10.0 Å². The van der Waals surface area contributed by atoms with Gasteiger partial charge in [0.25, 0.3) is 0 Å². The Kier molecular flexibility index (Phi) is 5.84. The molecular formula is C24H28N2O3S2. The lowest BCUT2D eigenvalue weighted by Crippen LogP contribution is -2.45. The third-order valence-corrected chi connectivity index (χ3v) is 9.69. The van der Waals surface area contributed by atoms with Gasteiger partial charge in [-0.2, -0.15) is 4.31 Å². The van der Waals surface area contributed by atoms with Gasteiger partial charge in [0, 0.05) is 36.2 Å². The zero-order valence-corrected chi connectivity index (χ0v) is 19.3. The van der Waals surface area contributed by atoms with Crippen molar-refractivity contribution in [2.75, 3.05) is 30.3 Å². The second-order valence-electron chi connectivity index (χ2n) is 8.62. The van der Waals surface area contributed by atoms with E-state index in [4.69, 9.17) is 0 Å². The lowest BCUT2D eigenvalue weighted by Gasteiger charge is -2.35. The number of thioether (sulfide) groups is 1. The number of carbonyl (C=O) groups is 1. The van der Waals surface area contributed by atoms with Crippen molar-refractivity contribution in [3.63, 3.8) is 0 Å². The molecule has 0 bridgehead atoms. The number of hydrogen-bond donors (Lipinski definition) is 0. The number of anilines is 1. The molecule has 5 rings (SSSR count). The minimum atomic E-state index is -3.51. The van der Waals surface area contributed by atoms with E-state index in [0.717, 1.165) is 35.6 Å². The molecule has 0 saturated carbocycles. The molecule has 164 valence electrons. The van der Waals surface area contributed by atoms with Gasteiger partial charge in [-0.15, -0.1) is 11.8 Å². The van der Waals surface area contributed by atoms with Crippen LogP contribution in [-0.2, 0) is 27.7 Å². The summed E-state index contributed by atoms with van der Waals surface area (Å²) in [5.74, 6) is 0.915. The van der Waals surface area contributed by atoms with Gasteiger partial charge in [0.2, 0.25) is 15.9 Å². The highest BCUT2D eigenvalue weighted by Gasteiger charge is 2.35. The maximum atomic E-state index is 13.3. The number of fused-ring (bicyclic) bond motifs is 2. The molecule has 1 fully saturated rings. The van der Waals surface area contributed by atoms with Crippen molar-refractivity contribution in [3.05, 3.63) is 53.6 Å². The summed E-state index contributed by atoms with van der Waals surface area (Å²) in [6.07, 6.45) is 5.47. The summed E-state index contributed by atoms with van der Waals surface area (Å²) in [5, 5.41) is 0. The van der Waals surface area contributed by atoms with Gasteiger partial charge in [-0.1, -0.05) is 18.2 Å². The molecule has 0 radical (unpaired) electrons. The van der Waals surface area contributed by atoms with Crippen LogP contribution in [0.5, 0.6) is 0 Å². The van der Waals surface area contributed by atoms with Crippen LogP contribution >= 0.6 is 11.8 Å². The Hall–Kier alpha value is -1.83. The topological polar surface area (TPSA) is 57.7 Å². The number of para-hydroxylation sites is 1. The molecule has 2 heterocycles. The molecule has 2 aromatic rings. The summed E-state index contributed by atoms with van der Waals surface area (Å²) >= 11 is 1.79. The SMILES string of the molecule is O=C(C1CCN(S(=O)(=O)c2ccc3c(c2)CCCC3)CC1)N1CCSc2ccccc21. The van der Waals surface area contributed by atoms with E-state index in [1.165, 1.54) is 17.5 Å². The van der Waals surface area contributed by atoms with E-state index in [0.29, 0.717) is 37.4 Å². The second kappa shape index (κ2) is 8.60. The van der Waals surface area contributed by atoms with Crippen LogP contribution in [0, 0.1) is 5.92 Å². The molecule has 3 aliphatic rings. The van der Waals surface area contributed by atoms with Gasteiger partial charge < -0.3 is 4.90 Å². The molecule has 0 atom stereocenters. The highest BCUT2D eigenvalue weighted by atomic mass is 32.2. The number of rotatable bonds is 3. The molecular weight excluding hydrogens is 428 g/mol. The average molecular weight is 457 g/mol. The molecule has 0 unspecified atom stereocenters. The number of piperidine rings is 1. The number of nitrogens with zero attached hydrogens (tertiary/aromatic N) is 2. The molecule has 0 aromatic heterocycles. The van der Waals surface area contributed by atoms with E-state index in [1.54, 1.807) is 22.1 Å². The Morgan fingerprint density at radius 1 is 0.935 bits per heavy atom. The first-order chi connectivity index (χ1) is 15.0. The van der Waals surface area contributed by atoms with Crippen molar-refractivity contribution in [1.82, 2.24) is 4.31 Å². The van der Waals surface area contributed by atoms with E-state index >= 15 is 0 Å². The molecule has 0 N–H and O–H groups in total. The van der Waals surface area contributed by atoms with Gasteiger partial charge in [-0.25, -0.2) is 8.42 Å². The zero-order valence-electron chi connectivity index (χ0n) is 17.6. The molecule has 1 saturated heterocycles. The first kappa shape index (κ1) is 21.0. The van der Waals surface area contributed by atoms with Gasteiger partial charge in [-0.3, -0.25) is 4.79 Å². The zero-order chi connectivity index (χ0) is 21.4. The van der Waals surface area contributed by atoms with Crippen molar-refractivity contribution in [2.45, 2.75) is 48.3 Å². The Morgan fingerprint density at radius 3 is 2.48 bits per heavy atom. The predicted octanol–water partition coefficient (Wildman–Crippen LogP) is 4.11. The molecule has 5 nitrogen and oxygen atoms in total. The lowest BCUT2D eigenvalue weighted by molar-refractivity contribution is -0.123. The summed E-state index contributed by atoms with van der Waals surface area (Å²) in [6.45, 7) is 1.52. The Bertz CT molecular complexity index is 1090. The molecule has 31 heavy (non-hydrogen) atoms. The van der Waals surface area contributed by atoms with E-state index in [1.807, 2.05) is 35.2 Å². The maximum absolute atomic E-state index is 13.3. The number of hydrogen-bond acceptors (Lipinski definition) is 4. The van der Waals surface area contributed by atoms with Crippen molar-refractivity contribution < 1.29 is 13.2 Å². The lowest BCUT2D eigenvalue weighted by atomic mass is 9.92. The van der Waals surface area contributed by atoms with Crippen LogP contribution in [0.4, 0.5) is 5.69 Å². The van der Waals surface area contributed by atoms with Crippen molar-refractivity contribution in [2.24, 2.45) is 5.92 Å². The first-order valence-corrected chi connectivity index (χ1v) is 13.6. The third kappa shape index (κ3) is 4.03. The van der Waals surface area contributed by atoms with E-state index in [-0.39, 0.29) is 11.8 Å². The van der Waals surface area contributed by atoms with Crippen LogP contribution < -0.4 is 4.90 Å². The molecule has 1 amide bonds. The van der Waals surface area contributed by atoms with Crippen molar-refractivity contribution in [3.8, 4) is 0 Å². The van der Waals surface area contributed by atoms with Crippen LogP contribution in [0.25, 0.3) is 0 Å². The molecule has 1 aliphatic carbocycles. The van der Waals surface area contributed by atoms with Gasteiger partial charge in [0.15, 0.2) is 0 Å². The predicted molar refractivity (Wildman–Crippen MR) is 124 cm³/mol. The monoisotopic (exact) mass is 456 g/mol. The first-order valence-electron chi connectivity index (χ1n) is 11.2. The summed E-state index contributed by atoms with van der Waals surface area (Å²) in [6, 6.07) is 13.7. The number of aryl methyl sites for hydroxylation is 2. The van der Waals surface area contributed by atoms with Gasteiger partial charge in [0.1, 0.15) is 0 Å². The van der Waals surface area contributed by atoms with Crippen LogP contribution in [0.15, 0.2) is 52.3 Å². The molecule has 2 aliphatic heterocycles. The largest absolute Gasteiger partial charge is 0.310 e. The quantitative estimate of drug-likeness (QED) is 0.698. The van der Waals surface area contributed by atoms with Crippen molar-refractivity contribution >= 4 is 33.4 Å². The maximum Gasteiger partial charge on any atom is 0.243 e. The minimum Gasteiger partial charge on any atom is -0.310 e. The smallest absolute Gasteiger partial charge is 0.243 e. The molecule has 0 spiro atoms. The van der Waals surface area contributed by atoms with Gasteiger partial charge in [-0.05, 0) is 73.9 Å². The minimum absolute atomic E-state index is 0.119. The fourth-order valence-electron chi connectivity index (χ4n) is 4.98. The van der Waals surface area contributed by atoms with Crippen molar-refractivity contribution in [1.29, 1.82) is 0 Å². The van der Waals surface area contributed by atoms with Gasteiger partial charge in [0.05, 0.1) is 10.6 Å². The standard InChI is InChI=1S/C24H28N2O3S2/c27-24(26-15-16-30-23-8-4-3-7-22(23)26)19-11-13-25(14-12-19)31(28,29)21-10-9-18-5-1-2-6-20(18)17-21/h3-4,7-10,17,19H,1-2,5-6,11-16H2. The Balaban J connectivity index is 1.28. The molecule has 7 heteroatoms. The second-order valence-corrected chi connectivity index (χ2v) is 11.7.